The van der Waals surface area contributed by atoms with Crippen LogP contribution in [-0.2, 0) is 0 Å². The maximum atomic E-state index is 2.29. The average Bonchev–Trinajstić information content (AvgIpc) is 3.11. The molecule has 0 aliphatic heterocycles. The number of benzene rings is 2. The molecule has 2 aromatic rings. The molecule has 0 amide bonds. The van der Waals surface area contributed by atoms with E-state index in [-0.39, 0.29) is 0 Å². The molecule has 0 heterocycles. The fourth-order valence-electron chi connectivity index (χ4n) is 2.56. The Kier molecular flexibility index (Phi) is 2.51. The van der Waals surface area contributed by atoms with E-state index in [1.807, 2.05) is 0 Å². The molecule has 17 heavy (non-hydrogen) atoms. The first-order valence-corrected chi connectivity index (χ1v) is 6.37. The van der Waals surface area contributed by atoms with Crippen LogP contribution in [-0.4, -0.2) is 0 Å². The van der Waals surface area contributed by atoms with Crippen molar-refractivity contribution in [1.29, 1.82) is 0 Å². The molecule has 0 N–H and O–H groups in total. The maximum absolute atomic E-state index is 2.29. The molecule has 1 fully saturated rings. The van der Waals surface area contributed by atoms with Crippen molar-refractivity contribution in [3.63, 3.8) is 0 Å². The smallest absolute Gasteiger partial charge is 0.00868 e. The van der Waals surface area contributed by atoms with Gasteiger partial charge in [0.15, 0.2) is 0 Å². The highest BCUT2D eigenvalue weighted by atomic mass is 14.4. The van der Waals surface area contributed by atoms with Crippen LogP contribution in [0.4, 0.5) is 0 Å². The third-order valence-electron chi connectivity index (χ3n) is 3.80. The Balaban J connectivity index is 1.78. The van der Waals surface area contributed by atoms with E-state index in [2.05, 4.69) is 62.4 Å². The highest BCUT2D eigenvalue weighted by Crippen LogP contribution is 2.54. The fourth-order valence-corrected chi connectivity index (χ4v) is 2.56. The second-order valence-corrected chi connectivity index (χ2v) is 5.27. The summed E-state index contributed by atoms with van der Waals surface area (Å²) in [6.45, 7) is 4.29. The number of rotatable bonds is 2. The molecule has 0 bridgehead atoms. The van der Waals surface area contributed by atoms with Crippen LogP contribution in [0.25, 0.3) is 0 Å². The minimum Gasteiger partial charge on any atom is -0.0590 e. The fraction of sp³-hybridized carbons (Fsp3) is 0.294. The SMILES string of the molecule is Cc1ccc(C2CC2c2ccc(C)cc2)cc1. The molecule has 0 radical (unpaired) electrons. The van der Waals surface area contributed by atoms with Gasteiger partial charge in [0, 0.05) is 0 Å². The van der Waals surface area contributed by atoms with Crippen molar-refractivity contribution in [1.82, 2.24) is 0 Å². The third kappa shape index (κ3) is 2.12. The summed E-state index contributed by atoms with van der Waals surface area (Å²) < 4.78 is 0. The van der Waals surface area contributed by atoms with Crippen LogP contribution in [0.3, 0.4) is 0 Å². The molecule has 1 saturated carbocycles. The first kappa shape index (κ1) is 10.6. The molecule has 0 aromatic heterocycles. The third-order valence-corrected chi connectivity index (χ3v) is 3.80. The molecule has 1 aliphatic rings. The van der Waals surface area contributed by atoms with Crippen LogP contribution < -0.4 is 0 Å². The standard InChI is InChI=1S/C17H18/c1-12-3-7-14(8-4-12)16-11-17(16)15-9-5-13(2)6-10-15/h3-10,16-17H,11H2,1-2H3. The quantitative estimate of drug-likeness (QED) is 0.698. The molecule has 1 aliphatic carbocycles. The van der Waals surface area contributed by atoms with Crippen molar-refractivity contribution in [3.8, 4) is 0 Å². The predicted molar refractivity (Wildman–Crippen MR) is 72.5 cm³/mol. The summed E-state index contributed by atoms with van der Waals surface area (Å²) in [6, 6.07) is 18.0. The molecular formula is C17H18. The Hall–Kier alpha value is -1.56. The van der Waals surface area contributed by atoms with Gasteiger partial charge < -0.3 is 0 Å². The topological polar surface area (TPSA) is 0 Å². The van der Waals surface area contributed by atoms with E-state index < -0.39 is 0 Å². The first-order chi connectivity index (χ1) is 8.24. The van der Waals surface area contributed by atoms with E-state index in [9.17, 15) is 0 Å². The molecule has 2 aromatic carbocycles. The number of hydrogen-bond donors (Lipinski definition) is 0. The lowest BCUT2D eigenvalue weighted by molar-refractivity contribution is 1.02. The molecule has 0 heteroatoms. The lowest BCUT2D eigenvalue weighted by atomic mass is 10.0. The minimum absolute atomic E-state index is 0.748. The predicted octanol–water partition coefficient (Wildman–Crippen LogP) is 4.57. The van der Waals surface area contributed by atoms with E-state index in [0.29, 0.717) is 0 Å². The molecule has 3 rings (SSSR count). The van der Waals surface area contributed by atoms with Gasteiger partial charge in [0.05, 0.1) is 0 Å². The van der Waals surface area contributed by atoms with Crippen molar-refractivity contribution in [3.05, 3.63) is 70.8 Å². The van der Waals surface area contributed by atoms with Crippen LogP contribution in [0, 0.1) is 13.8 Å². The van der Waals surface area contributed by atoms with Crippen molar-refractivity contribution < 1.29 is 0 Å². The van der Waals surface area contributed by atoms with Gasteiger partial charge in [0.25, 0.3) is 0 Å². The Morgan fingerprint density at radius 3 is 1.35 bits per heavy atom. The lowest BCUT2D eigenvalue weighted by Gasteiger charge is -2.02. The summed E-state index contributed by atoms with van der Waals surface area (Å²) in [5.41, 5.74) is 5.70. The Morgan fingerprint density at radius 1 is 0.647 bits per heavy atom. The van der Waals surface area contributed by atoms with E-state index >= 15 is 0 Å². The van der Waals surface area contributed by atoms with E-state index in [4.69, 9.17) is 0 Å². The lowest BCUT2D eigenvalue weighted by Crippen LogP contribution is -1.85. The first-order valence-electron chi connectivity index (χ1n) is 6.37. The molecule has 2 unspecified atom stereocenters. The van der Waals surface area contributed by atoms with Gasteiger partial charge in [0.2, 0.25) is 0 Å². The van der Waals surface area contributed by atoms with Gasteiger partial charge in [-0.3, -0.25) is 0 Å². The normalized spacial score (nSPS) is 22.5. The molecule has 0 saturated heterocycles. The zero-order valence-corrected chi connectivity index (χ0v) is 10.5. The van der Waals surface area contributed by atoms with Gasteiger partial charge in [-0.25, -0.2) is 0 Å². The summed E-state index contributed by atoms with van der Waals surface area (Å²) in [5, 5.41) is 0. The highest BCUT2D eigenvalue weighted by molar-refractivity contribution is 5.38. The van der Waals surface area contributed by atoms with Crippen molar-refractivity contribution in [2.75, 3.05) is 0 Å². The molecular weight excluding hydrogens is 204 g/mol. The van der Waals surface area contributed by atoms with Crippen LogP contribution in [0.5, 0.6) is 0 Å². The molecule has 86 valence electrons. The van der Waals surface area contributed by atoms with Gasteiger partial charge in [0.1, 0.15) is 0 Å². The van der Waals surface area contributed by atoms with Gasteiger partial charge in [-0.05, 0) is 43.2 Å². The summed E-state index contributed by atoms with van der Waals surface area (Å²) in [6.07, 6.45) is 1.31. The Morgan fingerprint density at radius 2 is 1.00 bits per heavy atom. The van der Waals surface area contributed by atoms with Crippen LogP contribution in [0.1, 0.15) is 40.5 Å². The van der Waals surface area contributed by atoms with Crippen LogP contribution >= 0.6 is 0 Å². The monoisotopic (exact) mass is 222 g/mol. The van der Waals surface area contributed by atoms with Gasteiger partial charge in [-0.1, -0.05) is 59.7 Å². The molecule has 2 atom stereocenters. The van der Waals surface area contributed by atoms with Crippen LogP contribution in [0.15, 0.2) is 48.5 Å². The summed E-state index contributed by atoms with van der Waals surface area (Å²) >= 11 is 0. The summed E-state index contributed by atoms with van der Waals surface area (Å²) in [4.78, 5) is 0. The Labute approximate surface area is 103 Å². The number of hydrogen-bond acceptors (Lipinski definition) is 0. The summed E-state index contributed by atoms with van der Waals surface area (Å²) in [5.74, 6) is 1.50. The largest absolute Gasteiger partial charge is 0.0590 e. The van der Waals surface area contributed by atoms with E-state index in [1.54, 1.807) is 0 Å². The molecule has 0 nitrogen and oxygen atoms in total. The van der Waals surface area contributed by atoms with Crippen molar-refractivity contribution in [2.24, 2.45) is 0 Å². The van der Waals surface area contributed by atoms with E-state index in [0.717, 1.165) is 11.8 Å². The Bertz CT molecular complexity index is 455. The van der Waals surface area contributed by atoms with Gasteiger partial charge >= 0.3 is 0 Å². The van der Waals surface area contributed by atoms with Gasteiger partial charge in [-0.15, -0.1) is 0 Å². The zero-order valence-electron chi connectivity index (χ0n) is 10.5. The maximum Gasteiger partial charge on any atom is -0.00868 e. The number of aryl methyl sites for hydroxylation is 2. The second-order valence-electron chi connectivity index (χ2n) is 5.27. The average molecular weight is 222 g/mol. The molecule has 0 spiro atoms. The van der Waals surface area contributed by atoms with Crippen molar-refractivity contribution >= 4 is 0 Å². The van der Waals surface area contributed by atoms with Gasteiger partial charge in [-0.2, -0.15) is 0 Å². The van der Waals surface area contributed by atoms with Crippen molar-refractivity contribution in [2.45, 2.75) is 32.1 Å². The second kappa shape index (κ2) is 4.03. The highest BCUT2D eigenvalue weighted by Gasteiger charge is 2.39. The minimum atomic E-state index is 0.748. The van der Waals surface area contributed by atoms with Crippen LogP contribution in [0.2, 0.25) is 0 Å². The summed E-state index contributed by atoms with van der Waals surface area (Å²) in [7, 11) is 0. The van der Waals surface area contributed by atoms with E-state index in [1.165, 1.54) is 28.7 Å². The zero-order chi connectivity index (χ0) is 11.8.